The Kier molecular flexibility index (Phi) is 6.87. The summed E-state index contributed by atoms with van der Waals surface area (Å²) < 4.78 is 15.0. The van der Waals surface area contributed by atoms with Gasteiger partial charge < -0.3 is 4.90 Å². The molecule has 2 amide bonds. The summed E-state index contributed by atoms with van der Waals surface area (Å²) in [4.78, 5) is 30.2. The number of fused-ring (bicyclic) bond motifs is 1. The number of amides is 2. The predicted molar refractivity (Wildman–Crippen MR) is 130 cm³/mol. The van der Waals surface area contributed by atoms with Crippen molar-refractivity contribution in [2.24, 2.45) is 0 Å². The minimum atomic E-state index is -0.451. The number of hydrogen-bond acceptors (Lipinski definition) is 2. The smallest absolute Gasteiger partial charge is 0.258 e. The van der Waals surface area contributed by atoms with Gasteiger partial charge in [0.25, 0.3) is 5.91 Å². The lowest BCUT2D eigenvalue weighted by molar-refractivity contribution is -0.119. The van der Waals surface area contributed by atoms with Gasteiger partial charge in [0.1, 0.15) is 5.82 Å². The number of rotatable bonds is 6. The van der Waals surface area contributed by atoms with Crippen LogP contribution in [-0.2, 0) is 4.79 Å². The molecule has 3 aromatic carbocycles. The SMILES string of the molecule is CCCCC(=O)N1c2ccccc2[C@H](N(C(=O)c2ccccc2)c2ccccc2F)C[C@H]1C. The lowest BCUT2D eigenvalue weighted by Crippen LogP contribution is -2.48. The topological polar surface area (TPSA) is 40.6 Å². The molecule has 0 aliphatic carbocycles. The lowest BCUT2D eigenvalue weighted by Gasteiger charge is -2.43. The minimum Gasteiger partial charge on any atom is -0.309 e. The van der Waals surface area contributed by atoms with E-state index in [0.29, 0.717) is 18.4 Å². The van der Waals surface area contributed by atoms with Gasteiger partial charge in [0.15, 0.2) is 0 Å². The highest BCUT2D eigenvalue weighted by atomic mass is 19.1. The van der Waals surface area contributed by atoms with Crippen LogP contribution in [0, 0.1) is 5.82 Å². The zero-order valence-corrected chi connectivity index (χ0v) is 19.1. The van der Waals surface area contributed by atoms with Crippen LogP contribution in [0.25, 0.3) is 0 Å². The Morgan fingerprint density at radius 2 is 1.64 bits per heavy atom. The third kappa shape index (κ3) is 4.54. The molecule has 0 spiro atoms. The van der Waals surface area contributed by atoms with Crippen LogP contribution in [0.5, 0.6) is 0 Å². The number of carbonyl (C=O) groups excluding carboxylic acids is 2. The van der Waals surface area contributed by atoms with Gasteiger partial charge in [-0.15, -0.1) is 0 Å². The largest absolute Gasteiger partial charge is 0.309 e. The number of para-hydroxylation sites is 2. The van der Waals surface area contributed by atoms with Gasteiger partial charge in [-0.2, -0.15) is 0 Å². The second-order valence-corrected chi connectivity index (χ2v) is 8.52. The molecule has 0 N–H and O–H groups in total. The molecule has 0 unspecified atom stereocenters. The summed E-state index contributed by atoms with van der Waals surface area (Å²) in [5.74, 6) is -0.631. The van der Waals surface area contributed by atoms with E-state index in [1.54, 1.807) is 47.4 Å². The van der Waals surface area contributed by atoms with E-state index in [0.717, 1.165) is 24.1 Å². The maximum atomic E-state index is 15.0. The van der Waals surface area contributed by atoms with Crippen molar-refractivity contribution in [1.29, 1.82) is 0 Å². The van der Waals surface area contributed by atoms with E-state index < -0.39 is 11.9 Å². The molecule has 0 radical (unpaired) electrons. The Morgan fingerprint density at radius 3 is 2.36 bits per heavy atom. The molecule has 4 nitrogen and oxygen atoms in total. The van der Waals surface area contributed by atoms with Gasteiger partial charge in [-0.25, -0.2) is 4.39 Å². The van der Waals surface area contributed by atoms with Crippen molar-refractivity contribution in [1.82, 2.24) is 0 Å². The molecule has 2 atom stereocenters. The molecule has 0 saturated heterocycles. The number of nitrogens with zero attached hydrogens (tertiary/aromatic N) is 2. The molecule has 170 valence electrons. The average molecular weight is 445 g/mol. The summed E-state index contributed by atoms with van der Waals surface area (Å²) in [6, 6.07) is 22.5. The van der Waals surface area contributed by atoms with E-state index in [2.05, 4.69) is 6.92 Å². The Balaban J connectivity index is 1.82. The molecule has 4 rings (SSSR count). The average Bonchev–Trinajstić information content (AvgIpc) is 2.84. The van der Waals surface area contributed by atoms with Crippen LogP contribution in [0.1, 0.15) is 61.5 Å². The van der Waals surface area contributed by atoms with E-state index in [-0.39, 0.29) is 23.5 Å². The molecule has 0 bridgehead atoms. The van der Waals surface area contributed by atoms with Crippen LogP contribution in [0.15, 0.2) is 78.9 Å². The molecule has 0 aromatic heterocycles. The molecule has 33 heavy (non-hydrogen) atoms. The highest BCUT2D eigenvalue weighted by Gasteiger charge is 2.39. The van der Waals surface area contributed by atoms with Crippen LogP contribution in [0.2, 0.25) is 0 Å². The van der Waals surface area contributed by atoms with E-state index in [1.807, 2.05) is 42.2 Å². The van der Waals surface area contributed by atoms with Crippen molar-refractivity contribution in [2.45, 2.75) is 51.6 Å². The number of anilines is 2. The van der Waals surface area contributed by atoms with Crippen LogP contribution in [0.3, 0.4) is 0 Å². The Labute approximate surface area is 194 Å². The van der Waals surface area contributed by atoms with E-state index in [1.165, 1.54) is 6.07 Å². The summed E-state index contributed by atoms with van der Waals surface area (Å²) in [6.07, 6.45) is 2.79. The minimum absolute atomic E-state index is 0.0853. The predicted octanol–water partition coefficient (Wildman–Crippen LogP) is 6.53. The fraction of sp³-hybridized carbons (Fsp3) is 0.286. The fourth-order valence-corrected chi connectivity index (χ4v) is 4.64. The maximum Gasteiger partial charge on any atom is 0.258 e. The van der Waals surface area contributed by atoms with E-state index >= 15 is 4.39 Å². The first-order valence-corrected chi connectivity index (χ1v) is 11.6. The van der Waals surface area contributed by atoms with Gasteiger partial charge >= 0.3 is 0 Å². The van der Waals surface area contributed by atoms with Crippen LogP contribution < -0.4 is 9.80 Å². The van der Waals surface area contributed by atoms with Crippen molar-refractivity contribution in [3.8, 4) is 0 Å². The monoisotopic (exact) mass is 444 g/mol. The van der Waals surface area contributed by atoms with Crippen molar-refractivity contribution in [3.63, 3.8) is 0 Å². The number of benzene rings is 3. The van der Waals surface area contributed by atoms with Crippen LogP contribution in [0.4, 0.5) is 15.8 Å². The van der Waals surface area contributed by atoms with E-state index in [9.17, 15) is 9.59 Å². The standard InChI is InChI=1S/C28H29FN2O2/c1-3-4-18-27(32)30-20(2)19-26(22-14-8-10-16-24(22)30)31(25-17-11-9-15-23(25)29)28(33)21-12-6-5-7-13-21/h5-17,20,26H,3-4,18-19H2,1-2H3/t20-,26-/m1/s1. The van der Waals surface area contributed by atoms with Gasteiger partial charge in [0.2, 0.25) is 5.91 Å². The van der Waals surface area contributed by atoms with E-state index in [4.69, 9.17) is 0 Å². The molecule has 0 saturated carbocycles. The number of hydrogen-bond donors (Lipinski definition) is 0. The first-order chi connectivity index (χ1) is 16.0. The van der Waals surface area contributed by atoms with Gasteiger partial charge in [0.05, 0.1) is 11.7 Å². The quantitative estimate of drug-likeness (QED) is 0.434. The molecule has 1 aliphatic heterocycles. The first-order valence-electron chi connectivity index (χ1n) is 11.6. The zero-order valence-electron chi connectivity index (χ0n) is 19.1. The summed E-state index contributed by atoms with van der Waals surface area (Å²) in [6.45, 7) is 4.07. The normalized spacial score (nSPS) is 17.4. The number of carbonyl (C=O) groups is 2. The summed E-state index contributed by atoms with van der Waals surface area (Å²) >= 11 is 0. The van der Waals surface area contributed by atoms with Gasteiger partial charge in [-0.1, -0.05) is 61.9 Å². The van der Waals surface area contributed by atoms with Crippen LogP contribution in [-0.4, -0.2) is 17.9 Å². The molecular weight excluding hydrogens is 415 g/mol. The summed E-state index contributed by atoms with van der Waals surface area (Å²) in [5.41, 5.74) is 2.38. The summed E-state index contributed by atoms with van der Waals surface area (Å²) in [7, 11) is 0. The Hall–Kier alpha value is -3.47. The zero-order chi connectivity index (χ0) is 23.4. The maximum absolute atomic E-state index is 15.0. The number of halogens is 1. The van der Waals surface area contributed by atoms with Crippen molar-refractivity contribution in [3.05, 3.63) is 95.8 Å². The van der Waals surface area contributed by atoms with Gasteiger partial charge in [-0.05, 0) is 55.7 Å². The molecular formula is C28H29FN2O2. The third-order valence-electron chi connectivity index (χ3n) is 6.24. The molecule has 5 heteroatoms. The van der Waals surface area contributed by atoms with Gasteiger partial charge in [0, 0.05) is 23.7 Å². The third-order valence-corrected chi connectivity index (χ3v) is 6.24. The van der Waals surface area contributed by atoms with Crippen molar-refractivity contribution >= 4 is 23.2 Å². The number of unbranched alkanes of at least 4 members (excludes halogenated alkanes) is 1. The molecule has 3 aromatic rings. The molecule has 1 heterocycles. The fourth-order valence-electron chi connectivity index (χ4n) is 4.64. The first kappa shape index (κ1) is 22.7. The van der Waals surface area contributed by atoms with Gasteiger partial charge in [-0.3, -0.25) is 14.5 Å². The molecule has 0 fully saturated rings. The second kappa shape index (κ2) is 9.99. The summed E-state index contributed by atoms with van der Waals surface area (Å²) in [5, 5.41) is 0. The molecule has 1 aliphatic rings. The Bertz CT molecular complexity index is 1130. The Morgan fingerprint density at radius 1 is 0.970 bits per heavy atom. The highest BCUT2D eigenvalue weighted by Crippen LogP contribution is 2.43. The van der Waals surface area contributed by atoms with Crippen molar-refractivity contribution < 1.29 is 14.0 Å². The highest BCUT2D eigenvalue weighted by molar-refractivity contribution is 6.07. The second-order valence-electron chi connectivity index (χ2n) is 8.52. The van der Waals surface area contributed by atoms with Crippen molar-refractivity contribution in [2.75, 3.05) is 9.80 Å². The lowest BCUT2D eigenvalue weighted by atomic mass is 9.89. The van der Waals surface area contributed by atoms with Crippen LogP contribution >= 0.6 is 0 Å².